The van der Waals surface area contributed by atoms with E-state index in [2.05, 4.69) is 0 Å². The van der Waals surface area contributed by atoms with Crippen molar-refractivity contribution in [2.45, 2.75) is 26.0 Å². The van der Waals surface area contributed by atoms with Crippen LogP contribution in [0.15, 0.2) is 18.2 Å². The minimum Gasteiger partial charge on any atom is -0.392 e. The second-order valence-electron chi connectivity index (χ2n) is 4.23. The van der Waals surface area contributed by atoms with Gasteiger partial charge in [0.05, 0.1) is 11.8 Å². The van der Waals surface area contributed by atoms with Crippen LogP contribution in [0.5, 0.6) is 0 Å². The van der Waals surface area contributed by atoms with Gasteiger partial charge in [-0.05, 0) is 31.5 Å². The summed E-state index contributed by atoms with van der Waals surface area (Å²) < 4.78 is 13.7. The number of nitrogens with zero attached hydrogens (tertiary/aromatic N) is 1. The molecule has 1 unspecified atom stereocenters. The molecule has 0 saturated heterocycles. The third kappa shape index (κ3) is 3.18. The predicted octanol–water partition coefficient (Wildman–Crippen LogP) is 1.66. The lowest BCUT2D eigenvalue weighted by Gasteiger charge is -2.22. The van der Waals surface area contributed by atoms with E-state index < -0.39 is 6.10 Å². The average Bonchev–Trinajstić information content (AvgIpc) is 2.15. The number of likely N-dealkylation sites (N-methyl/N-ethyl adjacent to an activating group) is 1. The first-order valence-electron chi connectivity index (χ1n) is 5.36. The van der Waals surface area contributed by atoms with E-state index in [4.69, 9.17) is 5.73 Å². The van der Waals surface area contributed by atoms with Gasteiger partial charge in [-0.15, -0.1) is 0 Å². The summed E-state index contributed by atoms with van der Waals surface area (Å²) >= 11 is 0. The van der Waals surface area contributed by atoms with Crippen molar-refractivity contribution < 1.29 is 9.50 Å². The number of rotatable bonds is 4. The summed E-state index contributed by atoms with van der Waals surface area (Å²) in [5.74, 6) is -0.307. The molecule has 16 heavy (non-hydrogen) atoms. The Morgan fingerprint density at radius 3 is 2.50 bits per heavy atom. The monoisotopic (exact) mass is 226 g/mol. The zero-order valence-electron chi connectivity index (χ0n) is 9.94. The maximum Gasteiger partial charge on any atom is 0.146 e. The fourth-order valence-corrected chi connectivity index (χ4v) is 1.61. The Morgan fingerprint density at radius 2 is 2.06 bits per heavy atom. The zero-order valence-corrected chi connectivity index (χ0v) is 9.94. The van der Waals surface area contributed by atoms with Crippen molar-refractivity contribution in [1.82, 2.24) is 0 Å². The van der Waals surface area contributed by atoms with Gasteiger partial charge in [-0.1, -0.05) is 6.07 Å². The van der Waals surface area contributed by atoms with Crippen molar-refractivity contribution in [2.75, 3.05) is 18.5 Å². The minimum absolute atomic E-state index is 0.175. The Morgan fingerprint density at radius 1 is 1.44 bits per heavy atom. The van der Waals surface area contributed by atoms with Crippen molar-refractivity contribution in [1.29, 1.82) is 0 Å². The molecule has 0 aliphatic carbocycles. The molecule has 0 heterocycles. The Bertz CT molecular complexity index is 353. The molecule has 0 radical (unpaired) electrons. The highest BCUT2D eigenvalue weighted by molar-refractivity contribution is 5.49. The van der Waals surface area contributed by atoms with E-state index in [0.29, 0.717) is 12.2 Å². The van der Waals surface area contributed by atoms with E-state index in [1.165, 1.54) is 6.07 Å². The lowest BCUT2D eigenvalue weighted by molar-refractivity contribution is 0.201. The highest BCUT2D eigenvalue weighted by Crippen LogP contribution is 2.21. The van der Waals surface area contributed by atoms with Crippen LogP contribution in [-0.4, -0.2) is 24.8 Å². The summed E-state index contributed by atoms with van der Waals surface area (Å²) in [6.45, 7) is 3.88. The van der Waals surface area contributed by atoms with Gasteiger partial charge in [-0.3, -0.25) is 0 Å². The van der Waals surface area contributed by atoms with Crippen LogP contribution in [0.25, 0.3) is 0 Å². The molecule has 0 aliphatic rings. The molecule has 0 spiro atoms. The van der Waals surface area contributed by atoms with Crippen molar-refractivity contribution in [3.8, 4) is 0 Å². The first-order valence-corrected chi connectivity index (χ1v) is 5.36. The Balaban J connectivity index is 2.90. The Hall–Kier alpha value is -1.13. The second-order valence-corrected chi connectivity index (χ2v) is 4.23. The highest BCUT2D eigenvalue weighted by Gasteiger charge is 2.11. The summed E-state index contributed by atoms with van der Waals surface area (Å²) in [6.07, 6.45) is -0.488. The molecule has 0 saturated carbocycles. The third-order valence-corrected chi connectivity index (χ3v) is 2.45. The van der Waals surface area contributed by atoms with Gasteiger partial charge in [0.1, 0.15) is 5.82 Å². The molecule has 1 aromatic rings. The van der Waals surface area contributed by atoms with E-state index in [1.807, 2.05) is 13.0 Å². The highest BCUT2D eigenvalue weighted by atomic mass is 19.1. The molecule has 0 fully saturated rings. The standard InChI is InChI=1S/C12H19FN2O/c1-8(16)7-15(3)12-5-4-10(9(2)14)6-11(12)13/h4-6,8-9,16H,7,14H2,1-3H3/t8?,9-/m0/s1. The van der Waals surface area contributed by atoms with Crippen molar-refractivity contribution in [3.05, 3.63) is 29.6 Å². The normalized spacial score (nSPS) is 14.6. The van der Waals surface area contributed by atoms with E-state index in [0.717, 1.165) is 5.56 Å². The summed E-state index contributed by atoms with van der Waals surface area (Å²) in [7, 11) is 1.75. The van der Waals surface area contributed by atoms with Gasteiger partial charge >= 0.3 is 0 Å². The number of aliphatic hydroxyl groups is 1. The van der Waals surface area contributed by atoms with E-state index >= 15 is 0 Å². The Kier molecular flexibility index (Phi) is 4.26. The van der Waals surface area contributed by atoms with Crippen LogP contribution in [0.4, 0.5) is 10.1 Å². The molecule has 3 N–H and O–H groups in total. The molecule has 0 aliphatic heterocycles. The molecular weight excluding hydrogens is 207 g/mol. The second kappa shape index (κ2) is 5.27. The van der Waals surface area contributed by atoms with Crippen LogP contribution in [-0.2, 0) is 0 Å². The lowest BCUT2D eigenvalue weighted by atomic mass is 10.1. The summed E-state index contributed by atoms with van der Waals surface area (Å²) in [5, 5.41) is 9.23. The van der Waals surface area contributed by atoms with Gasteiger partial charge in [0.2, 0.25) is 0 Å². The van der Waals surface area contributed by atoms with Gasteiger partial charge in [0, 0.05) is 19.6 Å². The maximum atomic E-state index is 13.7. The first kappa shape index (κ1) is 12.9. The van der Waals surface area contributed by atoms with Crippen LogP contribution >= 0.6 is 0 Å². The zero-order chi connectivity index (χ0) is 12.3. The molecule has 0 bridgehead atoms. The smallest absolute Gasteiger partial charge is 0.146 e. The van der Waals surface area contributed by atoms with Gasteiger partial charge < -0.3 is 15.7 Å². The van der Waals surface area contributed by atoms with E-state index in [1.54, 1.807) is 24.9 Å². The topological polar surface area (TPSA) is 49.5 Å². The number of nitrogens with two attached hydrogens (primary N) is 1. The fraction of sp³-hybridized carbons (Fsp3) is 0.500. The third-order valence-electron chi connectivity index (χ3n) is 2.45. The lowest BCUT2D eigenvalue weighted by Crippen LogP contribution is -2.27. The van der Waals surface area contributed by atoms with E-state index in [-0.39, 0.29) is 11.9 Å². The number of halogens is 1. The van der Waals surface area contributed by atoms with Crippen molar-refractivity contribution in [3.63, 3.8) is 0 Å². The van der Waals surface area contributed by atoms with Crippen LogP contribution in [0.3, 0.4) is 0 Å². The van der Waals surface area contributed by atoms with Gasteiger partial charge in [0.25, 0.3) is 0 Å². The fourth-order valence-electron chi connectivity index (χ4n) is 1.61. The largest absolute Gasteiger partial charge is 0.392 e. The van der Waals surface area contributed by atoms with E-state index in [9.17, 15) is 9.50 Å². The van der Waals surface area contributed by atoms with Crippen molar-refractivity contribution in [2.24, 2.45) is 5.73 Å². The number of aliphatic hydroxyl groups excluding tert-OH is 1. The molecular formula is C12H19FN2O. The van der Waals surface area contributed by atoms with Gasteiger partial charge in [-0.25, -0.2) is 4.39 Å². The van der Waals surface area contributed by atoms with Gasteiger partial charge in [0.15, 0.2) is 0 Å². The van der Waals surface area contributed by atoms with Crippen LogP contribution in [0.2, 0.25) is 0 Å². The molecule has 2 atom stereocenters. The quantitative estimate of drug-likeness (QED) is 0.821. The summed E-state index contributed by atoms with van der Waals surface area (Å²) in [6, 6.07) is 4.77. The van der Waals surface area contributed by atoms with Crippen LogP contribution in [0, 0.1) is 5.82 Å². The molecule has 1 aromatic carbocycles. The number of hydrogen-bond donors (Lipinski definition) is 2. The minimum atomic E-state index is -0.488. The number of benzene rings is 1. The molecule has 3 nitrogen and oxygen atoms in total. The SMILES string of the molecule is CC(O)CN(C)c1ccc([C@H](C)N)cc1F. The summed E-state index contributed by atoms with van der Waals surface area (Å²) in [5.41, 5.74) is 6.92. The molecule has 4 heteroatoms. The number of anilines is 1. The number of hydrogen-bond acceptors (Lipinski definition) is 3. The molecule has 1 rings (SSSR count). The van der Waals surface area contributed by atoms with Gasteiger partial charge in [-0.2, -0.15) is 0 Å². The van der Waals surface area contributed by atoms with Crippen LogP contribution < -0.4 is 10.6 Å². The Labute approximate surface area is 95.7 Å². The first-order chi connectivity index (χ1) is 7.41. The molecule has 0 aromatic heterocycles. The average molecular weight is 226 g/mol. The molecule has 0 amide bonds. The van der Waals surface area contributed by atoms with Crippen molar-refractivity contribution >= 4 is 5.69 Å². The summed E-state index contributed by atoms with van der Waals surface area (Å²) in [4.78, 5) is 1.69. The predicted molar refractivity (Wildman–Crippen MR) is 64.0 cm³/mol. The van der Waals surface area contributed by atoms with Crippen LogP contribution in [0.1, 0.15) is 25.5 Å². The molecule has 90 valence electrons. The maximum absolute atomic E-state index is 13.7.